The lowest BCUT2D eigenvalue weighted by Gasteiger charge is -2.12. The largest absolute Gasteiger partial charge is 0.241 e. The van der Waals surface area contributed by atoms with Gasteiger partial charge in [-0.25, -0.2) is 13.1 Å². The third-order valence-electron chi connectivity index (χ3n) is 2.36. The number of benzene rings is 1. The van der Waals surface area contributed by atoms with Gasteiger partial charge in [0.25, 0.3) is 0 Å². The first kappa shape index (κ1) is 12.9. The summed E-state index contributed by atoms with van der Waals surface area (Å²) in [5, 5.41) is 0. The molecular formula is C12H17NO2S. The van der Waals surface area contributed by atoms with Gasteiger partial charge in [0.15, 0.2) is 0 Å². The minimum Gasteiger partial charge on any atom is -0.207 e. The lowest BCUT2D eigenvalue weighted by molar-refractivity contribution is 0.568. The molecule has 0 spiro atoms. The smallest absolute Gasteiger partial charge is 0.207 e. The van der Waals surface area contributed by atoms with Crippen LogP contribution in [0.3, 0.4) is 0 Å². The van der Waals surface area contributed by atoms with Crippen LogP contribution in [-0.2, 0) is 10.0 Å². The molecule has 0 aliphatic rings. The molecular weight excluding hydrogens is 222 g/mol. The van der Waals surface area contributed by atoms with Gasteiger partial charge >= 0.3 is 0 Å². The average Bonchev–Trinajstić information content (AvgIpc) is 2.26. The maximum absolute atomic E-state index is 11.9. The molecule has 4 heteroatoms. The van der Waals surface area contributed by atoms with Gasteiger partial charge in [0.1, 0.15) is 0 Å². The molecule has 0 amide bonds. The Balaban J connectivity index is 2.94. The third kappa shape index (κ3) is 3.18. The summed E-state index contributed by atoms with van der Waals surface area (Å²) in [6.07, 6.45) is 2.29. The van der Waals surface area contributed by atoms with Crippen molar-refractivity contribution in [1.29, 1.82) is 0 Å². The maximum atomic E-state index is 11.9. The van der Waals surface area contributed by atoms with E-state index in [-0.39, 0.29) is 6.04 Å². The number of nitrogens with one attached hydrogen (secondary N) is 1. The van der Waals surface area contributed by atoms with Crippen LogP contribution in [0.2, 0.25) is 0 Å². The first-order valence-corrected chi connectivity index (χ1v) is 6.69. The zero-order valence-electron chi connectivity index (χ0n) is 9.60. The van der Waals surface area contributed by atoms with Crippen LogP contribution in [0.25, 0.3) is 0 Å². The summed E-state index contributed by atoms with van der Waals surface area (Å²) in [7, 11) is -3.42. The standard InChI is InChI=1S/C12H17NO2S/c1-4-11(5-2)13-16(14,15)12-8-6-10(3)7-9-12/h4,6-9,11,13H,1,5H2,2-3H3/t11-/m0/s1. The predicted molar refractivity (Wildman–Crippen MR) is 65.8 cm³/mol. The van der Waals surface area contributed by atoms with Crippen molar-refractivity contribution in [2.24, 2.45) is 0 Å². The summed E-state index contributed by atoms with van der Waals surface area (Å²) in [6.45, 7) is 7.42. The topological polar surface area (TPSA) is 46.2 Å². The number of sulfonamides is 1. The highest BCUT2D eigenvalue weighted by molar-refractivity contribution is 7.89. The van der Waals surface area contributed by atoms with E-state index >= 15 is 0 Å². The normalized spacial score (nSPS) is 13.4. The minimum atomic E-state index is -3.42. The molecule has 0 saturated carbocycles. The van der Waals surface area contributed by atoms with Crippen molar-refractivity contribution in [3.05, 3.63) is 42.5 Å². The third-order valence-corrected chi connectivity index (χ3v) is 3.87. The molecule has 0 aromatic heterocycles. The molecule has 1 atom stereocenters. The van der Waals surface area contributed by atoms with Gasteiger partial charge in [-0.05, 0) is 25.5 Å². The van der Waals surface area contributed by atoms with E-state index in [0.29, 0.717) is 11.3 Å². The van der Waals surface area contributed by atoms with E-state index in [4.69, 9.17) is 0 Å². The van der Waals surface area contributed by atoms with E-state index in [1.165, 1.54) is 0 Å². The molecule has 1 aromatic carbocycles. The number of hydrogen-bond donors (Lipinski definition) is 1. The average molecular weight is 239 g/mol. The van der Waals surface area contributed by atoms with E-state index in [2.05, 4.69) is 11.3 Å². The highest BCUT2D eigenvalue weighted by Gasteiger charge is 2.16. The molecule has 0 aliphatic carbocycles. The van der Waals surface area contributed by atoms with E-state index in [9.17, 15) is 8.42 Å². The van der Waals surface area contributed by atoms with Crippen molar-refractivity contribution < 1.29 is 8.42 Å². The fraction of sp³-hybridized carbons (Fsp3) is 0.333. The molecule has 88 valence electrons. The summed E-state index contributed by atoms with van der Waals surface area (Å²) in [5.41, 5.74) is 1.04. The van der Waals surface area contributed by atoms with Crippen LogP contribution in [0, 0.1) is 6.92 Å². The van der Waals surface area contributed by atoms with Crippen LogP contribution < -0.4 is 4.72 Å². The Morgan fingerprint density at radius 3 is 2.38 bits per heavy atom. The molecule has 0 heterocycles. The SMILES string of the molecule is C=C[C@@H](CC)NS(=O)(=O)c1ccc(C)cc1. The van der Waals surface area contributed by atoms with Gasteiger partial charge in [-0.15, -0.1) is 6.58 Å². The Bertz CT molecular complexity index is 448. The number of hydrogen-bond acceptors (Lipinski definition) is 2. The zero-order valence-corrected chi connectivity index (χ0v) is 10.4. The quantitative estimate of drug-likeness (QED) is 0.801. The van der Waals surface area contributed by atoms with Gasteiger partial charge in [0.2, 0.25) is 10.0 Å². The summed E-state index contributed by atoms with van der Waals surface area (Å²) in [6, 6.07) is 6.56. The number of aryl methyl sites for hydroxylation is 1. The highest BCUT2D eigenvalue weighted by Crippen LogP contribution is 2.11. The second kappa shape index (κ2) is 5.27. The molecule has 16 heavy (non-hydrogen) atoms. The molecule has 1 aromatic rings. The molecule has 0 saturated heterocycles. The molecule has 0 bridgehead atoms. The van der Waals surface area contributed by atoms with E-state index in [1.54, 1.807) is 30.3 Å². The molecule has 0 aliphatic heterocycles. The Morgan fingerprint density at radius 1 is 1.38 bits per heavy atom. The Hall–Kier alpha value is -1.13. The fourth-order valence-corrected chi connectivity index (χ4v) is 2.57. The predicted octanol–water partition coefficient (Wildman–Crippen LogP) is 2.24. The fourth-order valence-electron chi connectivity index (χ4n) is 1.28. The summed E-state index contributed by atoms with van der Waals surface area (Å²) >= 11 is 0. The van der Waals surface area contributed by atoms with Crippen LogP contribution in [0.4, 0.5) is 0 Å². The van der Waals surface area contributed by atoms with Gasteiger partial charge in [-0.2, -0.15) is 0 Å². The van der Waals surface area contributed by atoms with Crippen molar-refractivity contribution in [1.82, 2.24) is 4.72 Å². The van der Waals surface area contributed by atoms with E-state index in [0.717, 1.165) is 5.56 Å². The van der Waals surface area contributed by atoms with Crippen molar-refractivity contribution in [3.63, 3.8) is 0 Å². The lowest BCUT2D eigenvalue weighted by Crippen LogP contribution is -2.32. The minimum absolute atomic E-state index is 0.216. The lowest BCUT2D eigenvalue weighted by atomic mass is 10.2. The second-order valence-electron chi connectivity index (χ2n) is 3.68. The molecule has 3 nitrogen and oxygen atoms in total. The Kier molecular flexibility index (Phi) is 4.26. The van der Waals surface area contributed by atoms with E-state index < -0.39 is 10.0 Å². The highest BCUT2D eigenvalue weighted by atomic mass is 32.2. The van der Waals surface area contributed by atoms with Gasteiger partial charge in [-0.3, -0.25) is 0 Å². The Labute approximate surface area is 97.2 Å². The van der Waals surface area contributed by atoms with Gasteiger partial charge < -0.3 is 0 Å². The zero-order chi connectivity index (χ0) is 12.2. The monoisotopic (exact) mass is 239 g/mol. The van der Waals surface area contributed by atoms with Crippen LogP contribution in [-0.4, -0.2) is 14.5 Å². The molecule has 0 radical (unpaired) electrons. The second-order valence-corrected chi connectivity index (χ2v) is 5.40. The van der Waals surface area contributed by atoms with Crippen LogP contribution in [0.5, 0.6) is 0 Å². The molecule has 1 rings (SSSR count). The molecule has 0 fully saturated rings. The van der Waals surface area contributed by atoms with Crippen LogP contribution >= 0.6 is 0 Å². The van der Waals surface area contributed by atoms with Crippen molar-refractivity contribution in [2.45, 2.75) is 31.2 Å². The maximum Gasteiger partial charge on any atom is 0.241 e. The summed E-state index contributed by atoms with van der Waals surface area (Å²) in [5.74, 6) is 0. The van der Waals surface area contributed by atoms with E-state index in [1.807, 2.05) is 13.8 Å². The van der Waals surface area contributed by atoms with Crippen molar-refractivity contribution in [2.75, 3.05) is 0 Å². The van der Waals surface area contributed by atoms with Crippen molar-refractivity contribution >= 4 is 10.0 Å². The van der Waals surface area contributed by atoms with Gasteiger partial charge in [0.05, 0.1) is 4.90 Å². The first-order valence-electron chi connectivity index (χ1n) is 5.21. The van der Waals surface area contributed by atoms with Gasteiger partial charge in [0, 0.05) is 6.04 Å². The summed E-state index contributed by atoms with van der Waals surface area (Å²) < 4.78 is 26.4. The number of rotatable bonds is 5. The van der Waals surface area contributed by atoms with Crippen LogP contribution in [0.1, 0.15) is 18.9 Å². The van der Waals surface area contributed by atoms with Crippen LogP contribution in [0.15, 0.2) is 41.8 Å². The van der Waals surface area contributed by atoms with Crippen molar-refractivity contribution in [3.8, 4) is 0 Å². The van der Waals surface area contributed by atoms with Gasteiger partial charge in [-0.1, -0.05) is 30.7 Å². The Morgan fingerprint density at radius 2 is 1.94 bits per heavy atom. The molecule has 0 unspecified atom stereocenters. The summed E-state index contributed by atoms with van der Waals surface area (Å²) in [4.78, 5) is 0.290. The first-order chi connectivity index (χ1) is 7.49. The molecule has 1 N–H and O–H groups in total.